The standard InChI is InChI=1S/C10H18N4O2/c1-10(2,3)16-9(15)8-7(4-5-12-8)6-13-14-11/h7-8,12H,4-6H2,1-3H3. The first-order valence-electron chi connectivity index (χ1n) is 5.41. The van der Waals surface area contributed by atoms with E-state index in [-0.39, 0.29) is 17.9 Å². The van der Waals surface area contributed by atoms with E-state index >= 15 is 0 Å². The molecule has 0 saturated carbocycles. The summed E-state index contributed by atoms with van der Waals surface area (Å²) >= 11 is 0. The highest BCUT2D eigenvalue weighted by Gasteiger charge is 2.35. The van der Waals surface area contributed by atoms with E-state index in [4.69, 9.17) is 10.3 Å². The Hall–Kier alpha value is -1.26. The van der Waals surface area contributed by atoms with Gasteiger partial charge in [-0.3, -0.25) is 4.79 Å². The van der Waals surface area contributed by atoms with Crippen LogP contribution in [-0.2, 0) is 9.53 Å². The third-order valence-electron chi connectivity index (χ3n) is 2.39. The van der Waals surface area contributed by atoms with Crippen LogP contribution in [0.3, 0.4) is 0 Å². The Bertz CT molecular complexity index is 304. The number of hydrogen-bond donors (Lipinski definition) is 1. The van der Waals surface area contributed by atoms with Crippen molar-refractivity contribution in [2.45, 2.75) is 38.8 Å². The van der Waals surface area contributed by atoms with Crippen LogP contribution < -0.4 is 5.32 Å². The van der Waals surface area contributed by atoms with E-state index in [1.165, 1.54) is 0 Å². The van der Waals surface area contributed by atoms with Gasteiger partial charge in [-0.2, -0.15) is 0 Å². The lowest BCUT2D eigenvalue weighted by Crippen LogP contribution is -2.41. The van der Waals surface area contributed by atoms with Gasteiger partial charge in [0.25, 0.3) is 0 Å². The van der Waals surface area contributed by atoms with E-state index in [2.05, 4.69) is 15.3 Å². The van der Waals surface area contributed by atoms with Crippen LogP contribution >= 0.6 is 0 Å². The molecular weight excluding hydrogens is 208 g/mol. The fourth-order valence-corrected chi connectivity index (χ4v) is 1.74. The van der Waals surface area contributed by atoms with E-state index in [1.807, 2.05) is 20.8 Å². The first kappa shape index (κ1) is 12.8. The molecule has 1 fully saturated rings. The van der Waals surface area contributed by atoms with Gasteiger partial charge < -0.3 is 10.1 Å². The number of rotatable bonds is 3. The molecule has 0 radical (unpaired) electrons. The molecule has 0 bridgehead atoms. The predicted octanol–water partition coefficient (Wildman–Crippen LogP) is 1.62. The van der Waals surface area contributed by atoms with Gasteiger partial charge in [-0.25, -0.2) is 0 Å². The molecule has 1 heterocycles. The zero-order chi connectivity index (χ0) is 12.2. The Kier molecular flexibility index (Phi) is 4.15. The van der Waals surface area contributed by atoms with Crippen molar-refractivity contribution >= 4 is 5.97 Å². The lowest BCUT2D eigenvalue weighted by atomic mass is 10.0. The van der Waals surface area contributed by atoms with Crippen LogP contribution in [-0.4, -0.2) is 30.7 Å². The highest BCUT2D eigenvalue weighted by Crippen LogP contribution is 2.19. The smallest absolute Gasteiger partial charge is 0.323 e. The Morgan fingerprint density at radius 3 is 2.88 bits per heavy atom. The van der Waals surface area contributed by atoms with Crippen molar-refractivity contribution in [3.63, 3.8) is 0 Å². The zero-order valence-electron chi connectivity index (χ0n) is 9.93. The molecule has 6 nitrogen and oxygen atoms in total. The summed E-state index contributed by atoms with van der Waals surface area (Å²) < 4.78 is 5.30. The first-order valence-corrected chi connectivity index (χ1v) is 5.41. The maximum atomic E-state index is 11.8. The van der Waals surface area contributed by atoms with E-state index in [0.29, 0.717) is 6.54 Å². The molecule has 90 valence electrons. The van der Waals surface area contributed by atoms with E-state index in [9.17, 15) is 4.79 Å². The summed E-state index contributed by atoms with van der Waals surface area (Å²) in [6.45, 7) is 6.61. The maximum absolute atomic E-state index is 11.8. The number of carbonyl (C=O) groups excluding carboxylic acids is 1. The van der Waals surface area contributed by atoms with Crippen LogP contribution in [0.4, 0.5) is 0 Å². The monoisotopic (exact) mass is 226 g/mol. The van der Waals surface area contributed by atoms with Crippen molar-refractivity contribution in [2.75, 3.05) is 13.1 Å². The van der Waals surface area contributed by atoms with Crippen molar-refractivity contribution in [3.05, 3.63) is 10.4 Å². The van der Waals surface area contributed by atoms with E-state index in [0.717, 1.165) is 13.0 Å². The average molecular weight is 226 g/mol. The van der Waals surface area contributed by atoms with Crippen LogP contribution in [0, 0.1) is 5.92 Å². The number of hydrogen-bond acceptors (Lipinski definition) is 4. The number of carbonyl (C=O) groups is 1. The lowest BCUT2D eigenvalue weighted by molar-refractivity contribution is -0.158. The minimum absolute atomic E-state index is 0.0470. The molecule has 1 aliphatic heterocycles. The predicted molar refractivity (Wildman–Crippen MR) is 59.8 cm³/mol. The minimum Gasteiger partial charge on any atom is -0.459 e. The van der Waals surface area contributed by atoms with Crippen molar-refractivity contribution in [1.82, 2.24) is 5.32 Å². The number of azide groups is 1. The van der Waals surface area contributed by atoms with Crippen LogP contribution in [0.1, 0.15) is 27.2 Å². The molecule has 16 heavy (non-hydrogen) atoms. The molecule has 0 aromatic carbocycles. The highest BCUT2D eigenvalue weighted by atomic mass is 16.6. The van der Waals surface area contributed by atoms with E-state index < -0.39 is 5.60 Å². The molecule has 0 aliphatic carbocycles. The summed E-state index contributed by atoms with van der Waals surface area (Å²) in [6.07, 6.45) is 0.836. The van der Waals surface area contributed by atoms with Gasteiger partial charge in [0.05, 0.1) is 0 Å². The minimum atomic E-state index is -0.482. The van der Waals surface area contributed by atoms with Gasteiger partial charge in [0.1, 0.15) is 11.6 Å². The summed E-state index contributed by atoms with van der Waals surface area (Å²) in [5, 5.41) is 6.60. The molecule has 0 spiro atoms. The lowest BCUT2D eigenvalue weighted by Gasteiger charge is -2.24. The van der Waals surface area contributed by atoms with Gasteiger partial charge in [-0.05, 0) is 45.2 Å². The average Bonchev–Trinajstić information content (AvgIpc) is 2.59. The fraction of sp³-hybridized carbons (Fsp3) is 0.900. The number of nitrogens with one attached hydrogen (secondary N) is 1. The number of nitrogens with zero attached hydrogens (tertiary/aromatic N) is 3. The van der Waals surface area contributed by atoms with Gasteiger partial charge in [-0.1, -0.05) is 5.11 Å². The Morgan fingerprint density at radius 2 is 2.31 bits per heavy atom. The van der Waals surface area contributed by atoms with Crippen molar-refractivity contribution in [2.24, 2.45) is 11.0 Å². The molecule has 0 amide bonds. The molecule has 2 atom stereocenters. The summed E-state index contributed by atoms with van der Waals surface area (Å²) in [4.78, 5) is 14.5. The van der Waals surface area contributed by atoms with Crippen molar-refractivity contribution < 1.29 is 9.53 Å². The van der Waals surface area contributed by atoms with Gasteiger partial charge in [-0.15, -0.1) is 0 Å². The molecule has 6 heteroatoms. The summed E-state index contributed by atoms with van der Waals surface area (Å²) in [5.74, 6) is -0.214. The molecule has 0 aromatic heterocycles. The Morgan fingerprint density at radius 1 is 1.62 bits per heavy atom. The second-order valence-corrected chi connectivity index (χ2v) is 4.93. The SMILES string of the molecule is CC(C)(C)OC(=O)C1NCCC1CN=[N+]=[N-]. The largest absolute Gasteiger partial charge is 0.459 e. The number of ether oxygens (including phenoxy) is 1. The summed E-state index contributed by atoms with van der Waals surface area (Å²) in [5.41, 5.74) is 7.78. The van der Waals surface area contributed by atoms with Gasteiger partial charge in [0, 0.05) is 11.5 Å². The fourth-order valence-electron chi connectivity index (χ4n) is 1.74. The topological polar surface area (TPSA) is 87.1 Å². The number of esters is 1. The molecule has 1 N–H and O–H groups in total. The quantitative estimate of drug-likeness (QED) is 0.343. The van der Waals surface area contributed by atoms with E-state index in [1.54, 1.807) is 0 Å². The molecule has 1 rings (SSSR count). The Labute approximate surface area is 95.0 Å². The molecular formula is C10H18N4O2. The second-order valence-electron chi connectivity index (χ2n) is 4.93. The maximum Gasteiger partial charge on any atom is 0.323 e. The second kappa shape index (κ2) is 5.18. The normalized spacial score (nSPS) is 24.9. The van der Waals surface area contributed by atoms with Gasteiger partial charge in [0.15, 0.2) is 0 Å². The first-order chi connectivity index (χ1) is 7.44. The van der Waals surface area contributed by atoms with Crippen molar-refractivity contribution in [1.29, 1.82) is 0 Å². The highest BCUT2D eigenvalue weighted by molar-refractivity contribution is 5.77. The van der Waals surface area contributed by atoms with Crippen LogP contribution in [0.15, 0.2) is 5.11 Å². The summed E-state index contributed by atoms with van der Waals surface area (Å²) in [7, 11) is 0. The van der Waals surface area contributed by atoms with Crippen LogP contribution in [0.2, 0.25) is 0 Å². The molecule has 1 saturated heterocycles. The molecule has 0 aromatic rings. The van der Waals surface area contributed by atoms with Gasteiger partial charge >= 0.3 is 5.97 Å². The molecule has 2 unspecified atom stereocenters. The van der Waals surface area contributed by atoms with Crippen LogP contribution in [0.25, 0.3) is 10.4 Å². The van der Waals surface area contributed by atoms with Crippen molar-refractivity contribution in [3.8, 4) is 0 Å². The van der Waals surface area contributed by atoms with Gasteiger partial charge in [0.2, 0.25) is 0 Å². The molecule has 1 aliphatic rings. The van der Waals surface area contributed by atoms with Crippen LogP contribution in [0.5, 0.6) is 0 Å². The third kappa shape index (κ3) is 3.72. The third-order valence-corrected chi connectivity index (χ3v) is 2.39. The Balaban J connectivity index is 2.57. The summed E-state index contributed by atoms with van der Waals surface area (Å²) in [6, 6.07) is -0.343. The zero-order valence-corrected chi connectivity index (χ0v) is 9.93.